The molecule has 6 nitrogen and oxygen atoms in total. The number of benzene rings is 2. The Hall–Kier alpha value is -2.41. The number of nitrogens with zero attached hydrogens (tertiary/aromatic N) is 2. The summed E-state index contributed by atoms with van der Waals surface area (Å²) < 4.78 is 5.53. The molecular formula is C17H15BrN2O4. The molecule has 0 N–H and O–H groups in total. The smallest absolute Gasteiger partial charge is 0.328 e. The summed E-state index contributed by atoms with van der Waals surface area (Å²) in [6.07, 6.45) is 0.534. The number of halogens is 1. The molecule has 0 spiro atoms. The molecule has 0 bridgehead atoms. The summed E-state index contributed by atoms with van der Waals surface area (Å²) in [6, 6.07) is 12.0. The zero-order valence-electron chi connectivity index (χ0n) is 12.9. The van der Waals surface area contributed by atoms with Crippen LogP contribution in [-0.2, 0) is 22.5 Å². The summed E-state index contributed by atoms with van der Waals surface area (Å²) in [4.78, 5) is 24.7. The first-order valence-corrected chi connectivity index (χ1v) is 8.15. The van der Waals surface area contributed by atoms with Crippen molar-refractivity contribution in [2.75, 3.05) is 12.0 Å². The lowest BCUT2D eigenvalue weighted by Crippen LogP contribution is -2.46. The quantitative estimate of drug-likeness (QED) is 0.455. The van der Waals surface area contributed by atoms with Crippen molar-refractivity contribution in [2.24, 2.45) is 0 Å². The molecule has 1 aliphatic heterocycles. The molecule has 2 aromatic carbocycles. The summed E-state index contributed by atoms with van der Waals surface area (Å²) in [7, 11) is 1.37. The number of nitro groups is 1. The van der Waals surface area contributed by atoms with Gasteiger partial charge in [-0.1, -0.05) is 24.3 Å². The molecule has 0 aliphatic carbocycles. The number of rotatable bonds is 3. The minimum absolute atomic E-state index is 0.00217. The van der Waals surface area contributed by atoms with Crippen LogP contribution in [0, 0.1) is 10.1 Å². The third-order valence-corrected chi connectivity index (χ3v) is 4.81. The highest BCUT2D eigenvalue weighted by molar-refractivity contribution is 9.10. The van der Waals surface area contributed by atoms with Gasteiger partial charge in [0.15, 0.2) is 0 Å². The molecule has 0 fully saturated rings. The maximum absolute atomic E-state index is 12.3. The number of methoxy groups -OCH3 is 1. The van der Waals surface area contributed by atoms with Crippen molar-refractivity contribution in [3.63, 3.8) is 0 Å². The van der Waals surface area contributed by atoms with Crippen molar-refractivity contribution < 1.29 is 14.5 Å². The van der Waals surface area contributed by atoms with Gasteiger partial charge in [0.05, 0.1) is 17.7 Å². The van der Waals surface area contributed by atoms with E-state index in [2.05, 4.69) is 15.9 Å². The number of esters is 1. The fraction of sp³-hybridized carbons (Fsp3) is 0.235. The van der Waals surface area contributed by atoms with Gasteiger partial charge in [0.25, 0.3) is 5.69 Å². The number of hydrogen-bond acceptors (Lipinski definition) is 5. The van der Waals surface area contributed by atoms with Crippen LogP contribution >= 0.6 is 15.9 Å². The van der Waals surface area contributed by atoms with Crippen LogP contribution in [0.2, 0.25) is 0 Å². The van der Waals surface area contributed by atoms with Crippen molar-refractivity contribution >= 4 is 33.3 Å². The van der Waals surface area contributed by atoms with E-state index in [0.29, 0.717) is 17.4 Å². The molecule has 1 aliphatic rings. The van der Waals surface area contributed by atoms with Gasteiger partial charge in [0, 0.05) is 29.6 Å². The molecule has 1 atom stereocenters. The highest BCUT2D eigenvalue weighted by Crippen LogP contribution is 2.35. The molecule has 1 heterocycles. The molecule has 0 amide bonds. The average Bonchev–Trinajstić information content (AvgIpc) is 2.59. The molecule has 0 saturated heterocycles. The summed E-state index contributed by atoms with van der Waals surface area (Å²) >= 11 is 3.39. The van der Waals surface area contributed by atoms with Crippen LogP contribution in [0.5, 0.6) is 0 Å². The van der Waals surface area contributed by atoms with E-state index in [4.69, 9.17) is 4.74 Å². The maximum Gasteiger partial charge on any atom is 0.328 e. The Bertz CT molecular complexity index is 809. The fourth-order valence-corrected chi connectivity index (χ4v) is 3.56. The number of carbonyl (C=O) groups excluding carboxylic acids is 1. The largest absolute Gasteiger partial charge is 0.467 e. The van der Waals surface area contributed by atoms with E-state index in [1.165, 1.54) is 19.2 Å². The number of fused-ring (bicyclic) bond motifs is 1. The molecule has 24 heavy (non-hydrogen) atoms. The number of carbonyl (C=O) groups is 1. The highest BCUT2D eigenvalue weighted by Gasteiger charge is 2.33. The van der Waals surface area contributed by atoms with Gasteiger partial charge in [-0.2, -0.15) is 0 Å². The summed E-state index contributed by atoms with van der Waals surface area (Å²) in [5.41, 5.74) is 2.97. The van der Waals surface area contributed by atoms with Crippen molar-refractivity contribution in [3.05, 3.63) is 68.2 Å². The van der Waals surface area contributed by atoms with Crippen LogP contribution in [-0.4, -0.2) is 24.0 Å². The molecular weight excluding hydrogens is 376 g/mol. The van der Waals surface area contributed by atoms with Crippen LogP contribution in [0.25, 0.3) is 0 Å². The summed E-state index contributed by atoms with van der Waals surface area (Å²) in [6.45, 7) is 0.534. The molecule has 124 valence electrons. The summed E-state index contributed by atoms with van der Waals surface area (Å²) in [5, 5.41) is 10.9. The Morgan fingerprint density at radius 3 is 2.62 bits per heavy atom. The predicted octanol–water partition coefficient (Wildman–Crippen LogP) is 3.46. The van der Waals surface area contributed by atoms with Gasteiger partial charge in [-0.15, -0.1) is 0 Å². The van der Waals surface area contributed by atoms with Gasteiger partial charge >= 0.3 is 5.97 Å². The molecule has 0 aromatic heterocycles. The number of nitro benzene ring substituents is 1. The Labute approximate surface area is 147 Å². The normalized spacial score (nSPS) is 16.4. The van der Waals surface area contributed by atoms with Gasteiger partial charge in [-0.05, 0) is 33.1 Å². The second-order valence-corrected chi connectivity index (χ2v) is 6.39. The van der Waals surface area contributed by atoms with E-state index in [1.54, 1.807) is 6.07 Å². The Morgan fingerprint density at radius 1 is 1.29 bits per heavy atom. The molecule has 7 heteroatoms. The van der Waals surface area contributed by atoms with Gasteiger partial charge in [0.2, 0.25) is 0 Å². The minimum Gasteiger partial charge on any atom is -0.467 e. The third-order valence-electron chi connectivity index (χ3n) is 4.17. The topological polar surface area (TPSA) is 72.7 Å². The van der Waals surface area contributed by atoms with Gasteiger partial charge in [-0.3, -0.25) is 10.1 Å². The van der Waals surface area contributed by atoms with Crippen LogP contribution in [0.3, 0.4) is 0 Å². The first kappa shape index (κ1) is 16.4. The molecule has 0 saturated carbocycles. The average molecular weight is 391 g/mol. The van der Waals surface area contributed by atoms with Crippen LogP contribution in [0.4, 0.5) is 11.4 Å². The predicted molar refractivity (Wildman–Crippen MR) is 92.9 cm³/mol. The fourth-order valence-electron chi connectivity index (χ4n) is 2.97. The van der Waals surface area contributed by atoms with E-state index < -0.39 is 11.0 Å². The van der Waals surface area contributed by atoms with Gasteiger partial charge < -0.3 is 9.64 Å². The number of ether oxygens (including phenoxy) is 1. The van der Waals surface area contributed by atoms with E-state index in [-0.39, 0.29) is 11.7 Å². The third kappa shape index (κ3) is 2.99. The van der Waals surface area contributed by atoms with Crippen molar-refractivity contribution in [2.45, 2.75) is 19.0 Å². The summed E-state index contributed by atoms with van der Waals surface area (Å²) in [5.74, 6) is -0.324. The Kier molecular flexibility index (Phi) is 4.53. The van der Waals surface area contributed by atoms with Crippen LogP contribution < -0.4 is 4.90 Å². The second-order valence-electron chi connectivity index (χ2n) is 5.53. The maximum atomic E-state index is 12.3. The SMILES string of the molecule is COC(=O)C1Cc2ccccc2CN1c1ccc([N+](=O)[O-])cc1Br. The van der Waals surface area contributed by atoms with Crippen molar-refractivity contribution in [1.82, 2.24) is 0 Å². The monoisotopic (exact) mass is 390 g/mol. The minimum atomic E-state index is -0.470. The zero-order valence-corrected chi connectivity index (χ0v) is 14.5. The van der Waals surface area contributed by atoms with E-state index in [9.17, 15) is 14.9 Å². The Morgan fingerprint density at radius 2 is 2.00 bits per heavy atom. The first-order valence-electron chi connectivity index (χ1n) is 7.36. The molecule has 3 rings (SSSR count). The van der Waals surface area contributed by atoms with Crippen molar-refractivity contribution in [1.29, 1.82) is 0 Å². The number of non-ortho nitro benzene ring substituents is 1. The zero-order chi connectivity index (χ0) is 17.3. The standard InChI is InChI=1S/C17H15BrN2O4/c1-24-17(21)16-8-11-4-2-3-5-12(11)10-19(16)15-7-6-13(20(22)23)9-14(15)18/h2-7,9,16H,8,10H2,1H3. The lowest BCUT2D eigenvalue weighted by atomic mass is 9.93. The second kappa shape index (κ2) is 6.60. The van der Waals surface area contributed by atoms with Crippen molar-refractivity contribution in [3.8, 4) is 0 Å². The van der Waals surface area contributed by atoms with Crippen LogP contribution in [0.1, 0.15) is 11.1 Å². The van der Waals surface area contributed by atoms with E-state index in [0.717, 1.165) is 16.8 Å². The van der Waals surface area contributed by atoms with E-state index >= 15 is 0 Å². The van der Waals surface area contributed by atoms with Gasteiger partial charge in [-0.25, -0.2) is 4.79 Å². The molecule has 2 aromatic rings. The molecule has 1 unspecified atom stereocenters. The lowest BCUT2D eigenvalue weighted by molar-refractivity contribution is -0.384. The lowest BCUT2D eigenvalue weighted by Gasteiger charge is -2.37. The number of anilines is 1. The van der Waals surface area contributed by atoms with E-state index in [1.807, 2.05) is 29.2 Å². The Balaban J connectivity index is 2.03. The first-order chi connectivity index (χ1) is 11.5. The van der Waals surface area contributed by atoms with Gasteiger partial charge in [0.1, 0.15) is 6.04 Å². The molecule has 0 radical (unpaired) electrons. The van der Waals surface area contributed by atoms with Crippen LogP contribution in [0.15, 0.2) is 46.9 Å². The highest BCUT2D eigenvalue weighted by atomic mass is 79.9. The number of hydrogen-bond donors (Lipinski definition) is 0.